The van der Waals surface area contributed by atoms with Crippen molar-refractivity contribution in [2.75, 3.05) is 50.1 Å². The molecule has 1 N–H and O–H groups in total. The zero-order valence-electron chi connectivity index (χ0n) is 15.1. The number of amides is 3. The lowest BCUT2D eigenvalue weighted by Gasteiger charge is -2.42. The molecule has 0 aliphatic carbocycles. The summed E-state index contributed by atoms with van der Waals surface area (Å²) in [5.74, 6) is 0.388. The first-order valence-corrected chi connectivity index (χ1v) is 8.76. The molecule has 0 saturated carbocycles. The van der Waals surface area contributed by atoms with Crippen LogP contribution in [0.3, 0.4) is 0 Å². The number of ether oxygens (including phenoxy) is 1. The van der Waals surface area contributed by atoms with Crippen LogP contribution in [0, 0.1) is 5.92 Å². The van der Waals surface area contributed by atoms with Crippen LogP contribution >= 0.6 is 0 Å². The van der Waals surface area contributed by atoms with Crippen molar-refractivity contribution in [1.29, 1.82) is 0 Å². The minimum absolute atomic E-state index is 0.0899. The Morgan fingerprint density at radius 3 is 2.76 bits per heavy atom. The van der Waals surface area contributed by atoms with Crippen molar-refractivity contribution in [3.63, 3.8) is 0 Å². The first-order valence-electron chi connectivity index (χ1n) is 8.76. The van der Waals surface area contributed by atoms with Crippen molar-refractivity contribution in [1.82, 2.24) is 9.80 Å². The van der Waals surface area contributed by atoms with Gasteiger partial charge in [-0.3, -0.25) is 4.90 Å². The van der Waals surface area contributed by atoms with E-state index >= 15 is 0 Å². The van der Waals surface area contributed by atoms with E-state index in [4.69, 9.17) is 4.74 Å². The number of anilines is 2. The number of carbonyl (C=O) groups excluding carboxylic acids is 2. The van der Waals surface area contributed by atoms with Gasteiger partial charge in [0, 0.05) is 37.1 Å². The van der Waals surface area contributed by atoms with Gasteiger partial charge in [-0.2, -0.15) is 0 Å². The zero-order chi connectivity index (χ0) is 18.0. The fraction of sp³-hybridized carbons (Fsp3) is 0.556. The summed E-state index contributed by atoms with van der Waals surface area (Å²) in [6.45, 7) is 7.68. The third-order valence-electron chi connectivity index (χ3n) is 4.82. The zero-order valence-corrected chi connectivity index (χ0v) is 15.1. The molecule has 136 valence electrons. The minimum atomic E-state index is -0.345. The number of piperazine rings is 1. The highest BCUT2D eigenvalue weighted by Crippen LogP contribution is 2.23. The Hall–Kier alpha value is -2.28. The van der Waals surface area contributed by atoms with Gasteiger partial charge < -0.3 is 19.9 Å². The second-order valence-electron chi connectivity index (χ2n) is 7.01. The van der Waals surface area contributed by atoms with Crippen LogP contribution in [0.5, 0.6) is 0 Å². The van der Waals surface area contributed by atoms with Gasteiger partial charge in [0.2, 0.25) is 0 Å². The first-order chi connectivity index (χ1) is 12.0. The number of nitrogens with zero attached hydrogens (tertiary/aromatic N) is 3. The van der Waals surface area contributed by atoms with E-state index in [9.17, 15) is 9.59 Å². The molecule has 0 aromatic heterocycles. The monoisotopic (exact) mass is 346 g/mol. The van der Waals surface area contributed by atoms with Crippen molar-refractivity contribution in [2.24, 2.45) is 5.92 Å². The lowest BCUT2D eigenvalue weighted by molar-refractivity contribution is 0.0922. The van der Waals surface area contributed by atoms with Crippen molar-refractivity contribution >= 4 is 23.5 Å². The fourth-order valence-electron chi connectivity index (χ4n) is 3.35. The third-order valence-corrected chi connectivity index (χ3v) is 4.82. The number of nitrogens with one attached hydrogen (secondary N) is 1. The van der Waals surface area contributed by atoms with Gasteiger partial charge in [-0.25, -0.2) is 9.59 Å². The van der Waals surface area contributed by atoms with E-state index in [0.717, 1.165) is 18.8 Å². The molecule has 0 radical (unpaired) electrons. The second kappa shape index (κ2) is 7.31. The Morgan fingerprint density at radius 1 is 1.28 bits per heavy atom. The molecule has 1 aromatic carbocycles. The van der Waals surface area contributed by atoms with Crippen LogP contribution in [0.2, 0.25) is 0 Å². The van der Waals surface area contributed by atoms with Crippen LogP contribution in [0.15, 0.2) is 24.3 Å². The van der Waals surface area contributed by atoms with Gasteiger partial charge in [0.05, 0.1) is 6.54 Å². The molecule has 1 atom stereocenters. The first kappa shape index (κ1) is 17.5. The third kappa shape index (κ3) is 3.87. The molecule has 2 aliphatic heterocycles. The summed E-state index contributed by atoms with van der Waals surface area (Å²) in [5.41, 5.74) is 1.42. The summed E-state index contributed by atoms with van der Waals surface area (Å²) in [6.07, 6.45) is -0.345. The van der Waals surface area contributed by atoms with Crippen molar-refractivity contribution in [2.45, 2.75) is 19.9 Å². The average molecular weight is 346 g/mol. The number of hydrogen-bond acceptors (Lipinski definition) is 4. The fourth-order valence-corrected chi connectivity index (χ4v) is 3.35. The second-order valence-corrected chi connectivity index (χ2v) is 7.01. The average Bonchev–Trinajstić information content (AvgIpc) is 3.01. The van der Waals surface area contributed by atoms with Gasteiger partial charge in [-0.05, 0) is 31.2 Å². The Kier molecular flexibility index (Phi) is 5.13. The van der Waals surface area contributed by atoms with E-state index in [1.54, 1.807) is 4.90 Å². The van der Waals surface area contributed by atoms with E-state index in [2.05, 4.69) is 31.1 Å². The molecular formula is C18H26N4O3. The molecule has 7 nitrogen and oxygen atoms in total. The Bertz CT molecular complexity index is 649. The van der Waals surface area contributed by atoms with E-state index in [-0.39, 0.29) is 18.2 Å². The van der Waals surface area contributed by atoms with Crippen molar-refractivity contribution < 1.29 is 14.3 Å². The summed E-state index contributed by atoms with van der Waals surface area (Å²) in [4.78, 5) is 30.2. The number of carbonyl (C=O) groups is 2. The summed E-state index contributed by atoms with van der Waals surface area (Å²) in [7, 11) is 2.09. The van der Waals surface area contributed by atoms with E-state index < -0.39 is 0 Å². The van der Waals surface area contributed by atoms with Gasteiger partial charge in [0.25, 0.3) is 0 Å². The standard InChI is InChI=1S/C18H26N4O3/c1-13(2)16-12-20(3)7-8-22(16)17(23)19-14-5-4-6-15(11-14)21-9-10-25-18(21)24/h4-6,11,13,16H,7-10,12H2,1-3H3,(H,19,23). The quantitative estimate of drug-likeness (QED) is 0.913. The molecule has 2 heterocycles. The predicted molar refractivity (Wildman–Crippen MR) is 97.0 cm³/mol. The molecule has 2 fully saturated rings. The molecule has 3 amide bonds. The lowest BCUT2D eigenvalue weighted by atomic mass is 10.0. The maximum Gasteiger partial charge on any atom is 0.414 e. The molecule has 0 spiro atoms. The summed E-state index contributed by atoms with van der Waals surface area (Å²) in [5, 5.41) is 2.98. The number of likely N-dealkylation sites (N-methyl/N-ethyl adjacent to an activating group) is 1. The molecule has 3 rings (SSSR count). The Morgan fingerprint density at radius 2 is 2.08 bits per heavy atom. The summed E-state index contributed by atoms with van der Waals surface area (Å²) in [6, 6.07) is 7.42. The highest BCUT2D eigenvalue weighted by molar-refractivity contribution is 5.93. The van der Waals surface area contributed by atoms with Crippen LogP contribution in [-0.4, -0.2) is 67.8 Å². The normalized spacial score (nSPS) is 21.6. The molecular weight excluding hydrogens is 320 g/mol. The maximum atomic E-state index is 12.8. The lowest BCUT2D eigenvalue weighted by Crippen LogP contribution is -2.57. The highest BCUT2D eigenvalue weighted by Gasteiger charge is 2.31. The highest BCUT2D eigenvalue weighted by atomic mass is 16.6. The van der Waals surface area contributed by atoms with Gasteiger partial charge in [-0.15, -0.1) is 0 Å². The van der Waals surface area contributed by atoms with Crippen molar-refractivity contribution in [3.05, 3.63) is 24.3 Å². The molecule has 0 bridgehead atoms. The topological polar surface area (TPSA) is 65.1 Å². The van der Waals surface area contributed by atoms with E-state index in [1.165, 1.54) is 0 Å². The summed E-state index contributed by atoms with van der Waals surface area (Å²) < 4.78 is 4.97. The molecule has 2 aliphatic rings. The molecule has 2 saturated heterocycles. The predicted octanol–water partition coefficient (Wildman–Crippen LogP) is 2.45. The SMILES string of the molecule is CC(C)C1CN(C)CCN1C(=O)Nc1cccc(N2CCOC2=O)c1. The van der Waals surface area contributed by atoms with Crippen LogP contribution in [0.25, 0.3) is 0 Å². The number of rotatable bonds is 3. The van der Waals surface area contributed by atoms with Crippen LogP contribution in [0.4, 0.5) is 21.0 Å². The number of cyclic esters (lactones) is 1. The number of benzene rings is 1. The molecule has 1 unspecified atom stereocenters. The van der Waals surface area contributed by atoms with Crippen molar-refractivity contribution in [3.8, 4) is 0 Å². The number of hydrogen-bond donors (Lipinski definition) is 1. The maximum absolute atomic E-state index is 12.8. The van der Waals surface area contributed by atoms with Gasteiger partial charge in [0.15, 0.2) is 0 Å². The summed E-state index contributed by atoms with van der Waals surface area (Å²) >= 11 is 0. The largest absolute Gasteiger partial charge is 0.447 e. The van der Waals surface area contributed by atoms with Crippen LogP contribution in [-0.2, 0) is 4.74 Å². The Balaban J connectivity index is 1.71. The van der Waals surface area contributed by atoms with E-state index in [0.29, 0.717) is 31.3 Å². The molecule has 7 heteroatoms. The smallest absolute Gasteiger partial charge is 0.414 e. The Labute approximate surface area is 148 Å². The van der Waals surface area contributed by atoms with Gasteiger partial charge in [-0.1, -0.05) is 19.9 Å². The molecule has 25 heavy (non-hydrogen) atoms. The molecule has 1 aromatic rings. The van der Waals surface area contributed by atoms with Crippen LogP contribution in [0.1, 0.15) is 13.8 Å². The van der Waals surface area contributed by atoms with E-state index in [1.807, 2.05) is 29.2 Å². The minimum Gasteiger partial charge on any atom is -0.447 e. The number of urea groups is 1. The van der Waals surface area contributed by atoms with Gasteiger partial charge in [0.1, 0.15) is 6.61 Å². The van der Waals surface area contributed by atoms with Gasteiger partial charge >= 0.3 is 12.1 Å². The van der Waals surface area contributed by atoms with Crippen LogP contribution < -0.4 is 10.2 Å².